The highest BCUT2D eigenvalue weighted by atomic mass is 32.2. The Morgan fingerprint density at radius 1 is 1.20 bits per heavy atom. The van der Waals surface area contributed by atoms with Crippen LogP contribution < -0.4 is 21.9 Å². The van der Waals surface area contributed by atoms with Gasteiger partial charge in [-0.05, 0) is 32.6 Å². The summed E-state index contributed by atoms with van der Waals surface area (Å²) in [6, 6.07) is -0.393. The Kier molecular flexibility index (Phi) is 6.30. The Hall–Kier alpha value is -2.69. The zero-order chi connectivity index (χ0) is 22.2. The number of nitrogens with zero attached hydrogens (tertiary/aromatic N) is 4. The maximum absolute atomic E-state index is 12.9. The van der Waals surface area contributed by atoms with Crippen molar-refractivity contribution < 1.29 is 9.59 Å². The molecule has 0 saturated heterocycles. The summed E-state index contributed by atoms with van der Waals surface area (Å²) in [6.07, 6.45) is 1.83. The zero-order valence-electron chi connectivity index (χ0n) is 17.7. The number of urea groups is 1. The van der Waals surface area contributed by atoms with Crippen molar-refractivity contribution in [3.05, 3.63) is 26.7 Å². The molecule has 0 aromatic carbocycles. The number of carbonyl (C=O) groups excluding carboxylic acids is 2. The van der Waals surface area contributed by atoms with Crippen molar-refractivity contribution in [1.82, 2.24) is 29.7 Å². The zero-order valence-corrected chi connectivity index (χ0v) is 18.5. The fraction of sp³-hybridized carbons (Fsp3) is 0.579. The molecule has 2 aromatic rings. The summed E-state index contributed by atoms with van der Waals surface area (Å²) in [5, 5.41) is 4.81. The third kappa shape index (κ3) is 4.72. The molecule has 2 aromatic heterocycles. The minimum Gasteiger partial charge on any atom is -0.335 e. The number of hydrogen-bond donors (Lipinski definition) is 2. The van der Waals surface area contributed by atoms with Crippen LogP contribution in [0, 0.1) is 12.8 Å². The molecule has 2 heterocycles. The highest BCUT2D eigenvalue weighted by Gasteiger charge is 2.26. The first-order chi connectivity index (χ1) is 14.1. The molecule has 11 heteroatoms. The quantitative estimate of drug-likeness (QED) is 0.511. The molecule has 30 heavy (non-hydrogen) atoms. The lowest BCUT2D eigenvalue weighted by atomic mass is 10.2. The number of thioether (sulfide) groups is 1. The van der Waals surface area contributed by atoms with Gasteiger partial charge in [0.1, 0.15) is 16.2 Å². The lowest BCUT2D eigenvalue weighted by molar-refractivity contribution is -0.119. The van der Waals surface area contributed by atoms with Crippen LogP contribution in [0.2, 0.25) is 0 Å². The average molecular weight is 435 g/mol. The minimum atomic E-state index is -0.692. The predicted octanol–water partition coefficient (Wildman–Crippen LogP) is 0.923. The first-order valence-electron chi connectivity index (χ1n) is 9.84. The van der Waals surface area contributed by atoms with E-state index >= 15 is 0 Å². The van der Waals surface area contributed by atoms with Crippen molar-refractivity contribution in [3.8, 4) is 0 Å². The van der Waals surface area contributed by atoms with Gasteiger partial charge in [-0.15, -0.1) is 0 Å². The Balaban J connectivity index is 1.98. The molecule has 0 aliphatic heterocycles. The van der Waals surface area contributed by atoms with E-state index in [1.807, 2.05) is 13.8 Å². The van der Waals surface area contributed by atoms with E-state index in [-0.39, 0.29) is 23.0 Å². The third-order valence-electron chi connectivity index (χ3n) is 4.62. The van der Waals surface area contributed by atoms with Gasteiger partial charge in [0.15, 0.2) is 5.65 Å². The molecule has 0 radical (unpaired) electrons. The monoisotopic (exact) mass is 434 g/mol. The topological polar surface area (TPSA) is 128 Å². The molecule has 162 valence electrons. The van der Waals surface area contributed by atoms with Gasteiger partial charge in [0, 0.05) is 19.6 Å². The van der Waals surface area contributed by atoms with Gasteiger partial charge in [0.2, 0.25) is 5.91 Å². The van der Waals surface area contributed by atoms with Gasteiger partial charge in [-0.1, -0.05) is 25.6 Å². The van der Waals surface area contributed by atoms with E-state index in [0.717, 1.165) is 29.2 Å². The van der Waals surface area contributed by atoms with Crippen LogP contribution in [0.1, 0.15) is 39.4 Å². The number of aryl methyl sites for hydroxylation is 1. The van der Waals surface area contributed by atoms with E-state index in [4.69, 9.17) is 0 Å². The average Bonchev–Trinajstić information content (AvgIpc) is 3.46. The summed E-state index contributed by atoms with van der Waals surface area (Å²) in [4.78, 5) is 58.5. The molecule has 1 saturated carbocycles. The highest BCUT2D eigenvalue weighted by molar-refractivity contribution is 8.00. The largest absolute Gasteiger partial charge is 0.335 e. The van der Waals surface area contributed by atoms with E-state index < -0.39 is 28.4 Å². The standard InChI is InChI=1S/C19H26N6O4S/c1-9(2)8-25-14-13(17(27)24(5)19(25)29)16(21-11(4)20-14)30-10(3)15(26)23-18(28)22-12-6-7-12/h9-10,12H,6-8H2,1-5H3,(H2,22,23,26,28)/t10-/m1/s1. The van der Waals surface area contributed by atoms with Gasteiger partial charge in [-0.25, -0.2) is 19.6 Å². The number of carbonyl (C=O) groups is 2. The van der Waals surface area contributed by atoms with Gasteiger partial charge in [0.05, 0.1) is 5.25 Å². The number of amides is 3. The molecule has 1 aliphatic carbocycles. The first-order valence-corrected chi connectivity index (χ1v) is 10.7. The number of fused-ring (bicyclic) bond motifs is 1. The predicted molar refractivity (Wildman–Crippen MR) is 114 cm³/mol. The van der Waals surface area contributed by atoms with Crippen molar-refractivity contribution in [2.75, 3.05) is 0 Å². The molecular weight excluding hydrogens is 408 g/mol. The lowest BCUT2D eigenvalue weighted by Crippen LogP contribution is -2.43. The van der Waals surface area contributed by atoms with E-state index in [9.17, 15) is 19.2 Å². The van der Waals surface area contributed by atoms with Crippen molar-refractivity contribution in [2.24, 2.45) is 13.0 Å². The van der Waals surface area contributed by atoms with Crippen molar-refractivity contribution >= 4 is 34.7 Å². The van der Waals surface area contributed by atoms with Crippen LogP contribution in [0.4, 0.5) is 4.79 Å². The Morgan fingerprint density at radius 3 is 2.47 bits per heavy atom. The van der Waals surface area contributed by atoms with E-state index in [1.54, 1.807) is 13.8 Å². The van der Waals surface area contributed by atoms with Crippen LogP contribution in [-0.2, 0) is 18.4 Å². The molecule has 1 aliphatic rings. The number of imide groups is 1. The lowest BCUT2D eigenvalue weighted by Gasteiger charge is -2.16. The van der Waals surface area contributed by atoms with Crippen LogP contribution in [0.15, 0.2) is 14.6 Å². The summed E-state index contributed by atoms with van der Waals surface area (Å²) in [5.74, 6) is 0.0496. The SMILES string of the molecule is Cc1nc(S[C@H](C)C(=O)NC(=O)NC2CC2)c2c(=O)n(C)c(=O)n(CC(C)C)c2n1. The van der Waals surface area contributed by atoms with Crippen LogP contribution in [-0.4, -0.2) is 42.3 Å². The van der Waals surface area contributed by atoms with Gasteiger partial charge in [-0.2, -0.15) is 0 Å². The maximum atomic E-state index is 12.9. The molecule has 0 spiro atoms. The fourth-order valence-electron chi connectivity index (χ4n) is 2.94. The van der Waals surface area contributed by atoms with Gasteiger partial charge >= 0.3 is 11.7 Å². The second-order valence-electron chi connectivity index (χ2n) is 7.92. The van der Waals surface area contributed by atoms with Gasteiger partial charge in [0.25, 0.3) is 5.56 Å². The Labute approximate surface area is 177 Å². The number of aromatic nitrogens is 4. The molecule has 2 N–H and O–H groups in total. The smallest absolute Gasteiger partial charge is 0.332 e. The second kappa shape index (κ2) is 8.58. The van der Waals surface area contributed by atoms with E-state index in [0.29, 0.717) is 17.4 Å². The molecule has 0 unspecified atom stereocenters. The van der Waals surface area contributed by atoms with Crippen LogP contribution in [0.3, 0.4) is 0 Å². The van der Waals surface area contributed by atoms with Crippen LogP contribution >= 0.6 is 11.8 Å². The van der Waals surface area contributed by atoms with E-state index in [2.05, 4.69) is 20.6 Å². The fourth-order valence-corrected chi connectivity index (χ4v) is 3.92. The van der Waals surface area contributed by atoms with Crippen molar-refractivity contribution in [3.63, 3.8) is 0 Å². The molecule has 3 amide bonds. The summed E-state index contributed by atoms with van der Waals surface area (Å²) < 4.78 is 2.50. The van der Waals surface area contributed by atoms with Crippen LogP contribution in [0.5, 0.6) is 0 Å². The normalized spacial score (nSPS) is 14.7. The van der Waals surface area contributed by atoms with E-state index in [1.165, 1.54) is 11.6 Å². The summed E-state index contributed by atoms with van der Waals surface area (Å²) in [6.45, 7) is 7.61. The summed E-state index contributed by atoms with van der Waals surface area (Å²) in [7, 11) is 1.41. The second-order valence-corrected chi connectivity index (χ2v) is 9.25. The summed E-state index contributed by atoms with van der Waals surface area (Å²) >= 11 is 1.06. The van der Waals surface area contributed by atoms with Gasteiger partial charge in [-0.3, -0.25) is 24.0 Å². The van der Waals surface area contributed by atoms with Gasteiger partial charge < -0.3 is 5.32 Å². The molecule has 3 rings (SSSR count). The highest BCUT2D eigenvalue weighted by Crippen LogP contribution is 2.26. The Morgan fingerprint density at radius 2 is 1.87 bits per heavy atom. The Bertz CT molecular complexity index is 1120. The molecule has 10 nitrogen and oxygen atoms in total. The number of hydrogen-bond acceptors (Lipinski definition) is 7. The summed E-state index contributed by atoms with van der Waals surface area (Å²) in [5.41, 5.74) is -0.708. The molecular formula is C19H26N6O4S. The van der Waals surface area contributed by atoms with Crippen LogP contribution in [0.25, 0.3) is 11.0 Å². The molecule has 1 atom stereocenters. The molecule has 1 fully saturated rings. The van der Waals surface area contributed by atoms with Crippen molar-refractivity contribution in [2.45, 2.75) is 63.4 Å². The first kappa shape index (κ1) is 22.0. The third-order valence-corrected chi connectivity index (χ3v) is 5.70. The molecule has 0 bridgehead atoms. The number of rotatable bonds is 6. The minimum absolute atomic E-state index is 0.134. The number of nitrogens with one attached hydrogen (secondary N) is 2. The van der Waals surface area contributed by atoms with Crippen molar-refractivity contribution in [1.29, 1.82) is 0 Å². The maximum Gasteiger partial charge on any atom is 0.332 e.